The summed E-state index contributed by atoms with van der Waals surface area (Å²) in [6, 6.07) is 5.98. The van der Waals surface area contributed by atoms with Gasteiger partial charge < -0.3 is 14.4 Å². The summed E-state index contributed by atoms with van der Waals surface area (Å²) in [4.78, 5) is 13.5. The average Bonchev–Trinajstić information content (AvgIpc) is 2.65. The summed E-state index contributed by atoms with van der Waals surface area (Å²) < 4.78 is 9.95. The van der Waals surface area contributed by atoms with Gasteiger partial charge in [0.05, 0.1) is 20.6 Å². The molecule has 0 radical (unpaired) electrons. The van der Waals surface area contributed by atoms with Crippen LogP contribution in [0.4, 0.5) is 5.69 Å². The molecule has 1 atom stereocenters. The summed E-state index contributed by atoms with van der Waals surface area (Å²) in [7, 11) is 5.10. The molecule has 1 aliphatic heterocycles. The minimum atomic E-state index is -0.168. The van der Waals surface area contributed by atoms with E-state index in [1.807, 2.05) is 25.2 Å². The Morgan fingerprint density at radius 1 is 1.47 bits per heavy atom. The molecule has 1 aliphatic rings. The smallest absolute Gasteiger partial charge is 0.306 e. The van der Waals surface area contributed by atoms with E-state index >= 15 is 0 Å². The van der Waals surface area contributed by atoms with E-state index in [0.717, 1.165) is 17.9 Å². The summed E-state index contributed by atoms with van der Waals surface area (Å²) in [5, 5.41) is 0. The highest BCUT2D eigenvalue weighted by molar-refractivity contribution is 5.73. The third-order valence-corrected chi connectivity index (χ3v) is 3.22. The van der Waals surface area contributed by atoms with E-state index in [1.165, 1.54) is 12.8 Å². The van der Waals surface area contributed by atoms with Crippen molar-refractivity contribution >= 4 is 11.7 Å². The lowest BCUT2D eigenvalue weighted by atomic mass is 9.98. The van der Waals surface area contributed by atoms with Crippen LogP contribution >= 0.6 is 0 Å². The van der Waals surface area contributed by atoms with Gasteiger partial charge in [-0.3, -0.25) is 4.79 Å². The molecule has 0 spiro atoms. The molecular formula is C13H17NO3. The Kier molecular flexibility index (Phi) is 3.22. The molecule has 0 fully saturated rings. The zero-order chi connectivity index (χ0) is 12.4. The van der Waals surface area contributed by atoms with Gasteiger partial charge >= 0.3 is 5.97 Å². The van der Waals surface area contributed by atoms with E-state index in [-0.39, 0.29) is 11.9 Å². The lowest BCUT2D eigenvalue weighted by molar-refractivity contribution is -0.140. The number of hydrogen-bond donors (Lipinski definition) is 0. The molecule has 0 saturated heterocycles. The molecule has 1 unspecified atom stereocenters. The van der Waals surface area contributed by atoms with Gasteiger partial charge in [0.1, 0.15) is 5.75 Å². The maximum atomic E-state index is 11.4. The molecule has 0 amide bonds. The zero-order valence-corrected chi connectivity index (χ0v) is 10.4. The molecular weight excluding hydrogens is 218 g/mol. The van der Waals surface area contributed by atoms with Gasteiger partial charge in [0.15, 0.2) is 0 Å². The number of esters is 1. The molecule has 92 valence electrons. The van der Waals surface area contributed by atoms with Gasteiger partial charge in [-0.15, -0.1) is 0 Å². The quantitative estimate of drug-likeness (QED) is 0.749. The third kappa shape index (κ3) is 2.20. The second-order valence-corrected chi connectivity index (χ2v) is 4.28. The van der Waals surface area contributed by atoms with E-state index in [9.17, 15) is 4.79 Å². The highest BCUT2D eigenvalue weighted by Crippen LogP contribution is 2.39. The van der Waals surface area contributed by atoms with Crippen LogP contribution < -0.4 is 9.64 Å². The fourth-order valence-electron chi connectivity index (χ4n) is 2.32. The molecule has 0 bridgehead atoms. The number of benzene rings is 1. The maximum Gasteiger partial charge on any atom is 0.306 e. The number of ether oxygens (including phenoxy) is 2. The van der Waals surface area contributed by atoms with Crippen molar-refractivity contribution in [1.82, 2.24) is 0 Å². The number of fused-ring (bicyclic) bond motifs is 1. The number of methoxy groups -OCH3 is 2. The van der Waals surface area contributed by atoms with Crippen LogP contribution in [0.1, 0.15) is 17.9 Å². The van der Waals surface area contributed by atoms with Crippen molar-refractivity contribution in [1.29, 1.82) is 0 Å². The predicted octanol–water partition coefficient (Wildman–Crippen LogP) is 1.79. The van der Waals surface area contributed by atoms with Gasteiger partial charge in [-0.2, -0.15) is 0 Å². The van der Waals surface area contributed by atoms with Crippen LogP contribution in [0.5, 0.6) is 5.75 Å². The maximum absolute atomic E-state index is 11.4. The lowest BCUT2D eigenvalue weighted by Gasteiger charge is -2.11. The second-order valence-electron chi connectivity index (χ2n) is 4.28. The molecule has 4 heteroatoms. The number of anilines is 1. The normalized spacial score (nSPS) is 17.8. The second kappa shape index (κ2) is 4.65. The van der Waals surface area contributed by atoms with Crippen LogP contribution in [0.2, 0.25) is 0 Å². The zero-order valence-electron chi connectivity index (χ0n) is 10.4. The van der Waals surface area contributed by atoms with Gasteiger partial charge in [-0.05, 0) is 23.8 Å². The van der Waals surface area contributed by atoms with Crippen LogP contribution in [0.25, 0.3) is 0 Å². The van der Waals surface area contributed by atoms with Gasteiger partial charge in [0.2, 0.25) is 0 Å². The molecule has 0 N–H and O–H groups in total. The Balaban J connectivity index is 2.27. The summed E-state index contributed by atoms with van der Waals surface area (Å²) in [5.41, 5.74) is 2.33. The molecule has 2 rings (SSSR count). The Morgan fingerprint density at radius 2 is 2.24 bits per heavy atom. The van der Waals surface area contributed by atoms with Crippen molar-refractivity contribution in [3.8, 4) is 5.75 Å². The van der Waals surface area contributed by atoms with E-state index in [0.29, 0.717) is 6.42 Å². The SMILES string of the molecule is COC(=O)CC1CN(C)c2ccc(OC)cc21. The lowest BCUT2D eigenvalue weighted by Crippen LogP contribution is -2.17. The third-order valence-electron chi connectivity index (χ3n) is 3.22. The summed E-state index contributed by atoms with van der Waals surface area (Å²) in [6.45, 7) is 0.845. The Bertz CT molecular complexity index is 431. The van der Waals surface area contributed by atoms with Crippen LogP contribution in [0.3, 0.4) is 0 Å². The Hall–Kier alpha value is -1.71. The standard InChI is InChI=1S/C13H17NO3/c1-14-8-9(6-13(15)17-3)11-7-10(16-2)4-5-12(11)14/h4-5,7,9H,6,8H2,1-3H3. The first-order valence-corrected chi connectivity index (χ1v) is 5.61. The number of likely N-dealkylation sites (N-methyl/N-ethyl adjacent to an activating group) is 1. The van der Waals surface area contributed by atoms with Crippen molar-refractivity contribution < 1.29 is 14.3 Å². The number of rotatable bonds is 3. The van der Waals surface area contributed by atoms with Crippen molar-refractivity contribution in [3.63, 3.8) is 0 Å². The molecule has 4 nitrogen and oxygen atoms in total. The van der Waals surface area contributed by atoms with Crippen molar-refractivity contribution in [2.45, 2.75) is 12.3 Å². The first kappa shape index (κ1) is 11.8. The van der Waals surface area contributed by atoms with Gasteiger partial charge in [-0.1, -0.05) is 0 Å². The van der Waals surface area contributed by atoms with Crippen LogP contribution in [0, 0.1) is 0 Å². The number of hydrogen-bond acceptors (Lipinski definition) is 4. The van der Waals surface area contributed by atoms with E-state index in [4.69, 9.17) is 9.47 Å². The largest absolute Gasteiger partial charge is 0.497 e. The first-order chi connectivity index (χ1) is 8.15. The topological polar surface area (TPSA) is 38.8 Å². The predicted molar refractivity (Wildman–Crippen MR) is 65.6 cm³/mol. The summed E-state index contributed by atoms with van der Waals surface area (Å²) in [5.74, 6) is 0.852. The monoisotopic (exact) mass is 235 g/mol. The summed E-state index contributed by atoms with van der Waals surface area (Å²) >= 11 is 0. The first-order valence-electron chi connectivity index (χ1n) is 5.61. The van der Waals surface area contributed by atoms with E-state index in [2.05, 4.69) is 4.90 Å². The molecule has 1 heterocycles. The van der Waals surface area contributed by atoms with Crippen molar-refractivity contribution in [2.24, 2.45) is 0 Å². The molecule has 1 aromatic carbocycles. The highest BCUT2D eigenvalue weighted by atomic mass is 16.5. The number of nitrogens with zero attached hydrogens (tertiary/aromatic N) is 1. The van der Waals surface area contributed by atoms with Crippen molar-refractivity contribution in [3.05, 3.63) is 23.8 Å². The van der Waals surface area contributed by atoms with Crippen LogP contribution in [-0.2, 0) is 9.53 Å². The van der Waals surface area contributed by atoms with Crippen LogP contribution in [0.15, 0.2) is 18.2 Å². The fourth-order valence-corrected chi connectivity index (χ4v) is 2.32. The Labute approximate surface area is 101 Å². The highest BCUT2D eigenvalue weighted by Gasteiger charge is 2.28. The van der Waals surface area contributed by atoms with Gasteiger partial charge in [0.25, 0.3) is 0 Å². The van der Waals surface area contributed by atoms with E-state index in [1.54, 1.807) is 7.11 Å². The minimum Gasteiger partial charge on any atom is -0.497 e. The Morgan fingerprint density at radius 3 is 2.88 bits per heavy atom. The molecule has 17 heavy (non-hydrogen) atoms. The number of carbonyl (C=O) groups excluding carboxylic acids is 1. The van der Waals surface area contributed by atoms with Gasteiger partial charge in [-0.25, -0.2) is 0 Å². The molecule has 0 saturated carbocycles. The fraction of sp³-hybridized carbons (Fsp3) is 0.462. The van der Waals surface area contributed by atoms with Crippen LogP contribution in [-0.4, -0.2) is 33.8 Å². The minimum absolute atomic E-state index is 0.168. The van der Waals surface area contributed by atoms with E-state index < -0.39 is 0 Å². The summed E-state index contributed by atoms with van der Waals surface area (Å²) in [6.07, 6.45) is 0.418. The average molecular weight is 235 g/mol. The number of carbonyl (C=O) groups is 1. The van der Waals surface area contributed by atoms with Crippen molar-refractivity contribution in [2.75, 3.05) is 32.7 Å². The molecule has 0 aromatic heterocycles. The molecule has 0 aliphatic carbocycles. The molecule has 1 aromatic rings. The van der Waals surface area contributed by atoms with Gasteiger partial charge in [0, 0.05) is 25.2 Å².